The van der Waals surface area contributed by atoms with Crippen LogP contribution in [0.1, 0.15) is 23.1 Å². The van der Waals surface area contributed by atoms with Crippen LogP contribution in [-0.4, -0.2) is 36.3 Å². The van der Waals surface area contributed by atoms with E-state index in [0.29, 0.717) is 6.61 Å². The van der Waals surface area contributed by atoms with Gasteiger partial charge in [-0.2, -0.15) is 0 Å². The minimum atomic E-state index is -0.709. The smallest absolute Gasteiger partial charge is 0.438 e. The molecule has 3 heterocycles. The Morgan fingerprint density at radius 3 is 2.96 bits per heavy atom. The van der Waals surface area contributed by atoms with Gasteiger partial charge in [0.15, 0.2) is 5.65 Å². The van der Waals surface area contributed by atoms with Crippen molar-refractivity contribution in [2.75, 3.05) is 26.1 Å². The summed E-state index contributed by atoms with van der Waals surface area (Å²) >= 11 is 0. The predicted octanol–water partition coefficient (Wildman–Crippen LogP) is 3.79. The summed E-state index contributed by atoms with van der Waals surface area (Å²) in [6, 6.07) is 8.01. The van der Waals surface area contributed by atoms with E-state index in [2.05, 4.69) is 22.3 Å². The molecule has 0 saturated heterocycles. The summed E-state index contributed by atoms with van der Waals surface area (Å²) < 4.78 is 17.2. The van der Waals surface area contributed by atoms with Crippen molar-refractivity contribution in [1.82, 2.24) is 9.38 Å². The molecule has 7 heteroatoms. The van der Waals surface area contributed by atoms with Crippen molar-refractivity contribution in [2.24, 2.45) is 0 Å². The van der Waals surface area contributed by atoms with Crippen LogP contribution in [0, 0.1) is 0 Å². The van der Waals surface area contributed by atoms with Crippen molar-refractivity contribution >= 4 is 17.5 Å². The number of rotatable bonds is 5. The number of benzene rings is 1. The summed E-state index contributed by atoms with van der Waals surface area (Å²) in [6.45, 7) is 1.47. The third-order valence-corrected chi connectivity index (χ3v) is 4.99. The zero-order chi connectivity index (χ0) is 19.5. The number of nitrogens with zero attached hydrogens (tertiary/aromatic N) is 2. The van der Waals surface area contributed by atoms with Crippen LogP contribution in [0.3, 0.4) is 0 Å². The third kappa shape index (κ3) is 3.41. The molecule has 0 amide bonds. The van der Waals surface area contributed by atoms with E-state index in [4.69, 9.17) is 14.5 Å². The Hall–Kier alpha value is -3.06. The van der Waals surface area contributed by atoms with Crippen LogP contribution in [0.5, 0.6) is 0 Å². The number of aryl methyl sites for hydroxylation is 1. The molecule has 0 bridgehead atoms. The van der Waals surface area contributed by atoms with Crippen LogP contribution in [0.2, 0.25) is 0 Å². The number of pyridine rings is 1. The van der Waals surface area contributed by atoms with Gasteiger partial charge in [0.2, 0.25) is 0 Å². The Morgan fingerprint density at radius 1 is 1.25 bits per heavy atom. The number of imidazole rings is 1. The van der Waals surface area contributed by atoms with Crippen molar-refractivity contribution in [3.05, 3.63) is 53.3 Å². The van der Waals surface area contributed by atoms with Crippen LogP contribution >= 0.6 is 0 Å². The normalized spacial score (nSPS) is 13.1. The summed E-state index contributed by atoms with van der Waals surface area (Å²) in [6.07, 6.45) is 5.57. The lowest BCUT2D eigenvalue weighted by molar-refractivity contribution is 0.0662. The summed E-state index contributed by atoms with van der Waals surface area (Å²) in [5.41, 5.74) is 6.95. The Labute approximate surface area is 163 Å². The van der Waals surface area contributed by atoms with Crippen LogP contribution in [0.25, 0.3) is 16.9 Å². The van der Waals surface area contributed by atoms with Crippen LogP contribution in [-0.2, 0) is 33.8 Å². The number of anilines is 1. The molecule has 0 spiro atoms. The zero-order valence-electron chi connectivity index (χ0n) is 16.0. The van der Waals surface area contributed by atoms with E-state index >= 15 is 0 Å². The Kier molecular flexibility index (Phi) is 5.16. The van der Waals surface area contributed by atoms with Crippen LogP contribution < -0.4 is 5.32 Å². The number of hydrogen-bond donors (Lipinski definition) is 1. The van der Waals surface area contributed by atoms with Gasteiger partial charge in [-0.1, -0.05) is 18.2 Å². The molecule has 2 aromatic heterocycles. The highest BCUT2D eigenvalue weighted by molar-refractivity contribution is 5.77. The standard InChI is InChI=1S/C21H23N3O4/c1-26-13-17-15(12-28-21(25)27-2)5-3-7-16(17)18-11-24-10-8-14-6-4-9-22-19(14)20(24)23-18/h3,5,7-8,10-11,22H,4,6,9,12-13H2,1-2H3. The number of nitrogens with one attached hydrogen (secondary N) is 1. The molecule has 4 rings (SSSR count). The van der Waals surface area contributed by atoms with Gasteiger partial charge in [-0.25, -0.2) is 9.78 Å². The van der Waals surface area contributed by atoms with Gasteiger partial charge < -0.3 is 23.9 Å². The molecular weight excluding hydrogens is 358 g/mol. The van der Waals surface area contributed by atoms with Gasteiger partial charge in [-0.3, -0.25) is 0 Å². The Balaban J connectivity index is 1.76. The molecule has 0 fully saturated rings. The molecule has 1 aromatic carbocycles. The number of fused-ring (bicyclic) bond motifs is 3. The maximum Gasteiger partial charge on any atom is 0.508 e. The fourth-order valence-electron chi connectivity index (χ4n) is 3.63. The highest BCUT2D eigenvalue weighted by Crippen LogP contribution is 2.31. The quantitative estimate of drug-likeness (QED) is 0.678. The van der Waals surface area contributed by atoms with Crippen LogP contribution in [0.15, 0.2) is 36.7 Å². The topological polar surface area (TPSA) is 74.1 Å². The van der Waals surface area contributed by atoms with Gasteiger partial charge in [-0.15, -0.1) is 0 Å². The van der Waals surface area contributed by atoms with Crippen molar-refractivity contribution < 1.29 is 19.0 Å². The van der Waals surface area contributed by atoms with Gasteiger partial charge in [0.1, 0.15) is 6.61 Å². The molecule has 28 heavy (non-hydrogen) atoms. The first-order valence-corrected chi connectivity index (χ1v) is 9.26. The average Bonchev–Trinajstić information content (AvgIpc) is 3.17. The highest BCUT2D eigenvalue weighted by Gasteiger charge is 2.18. The summed E-state index contributed by atoms with van der Waals surface area (Å²) in [4.78, 5) is 16.3. The second-order valence-corrected chi connectivity index (χ2v) is 6.72. The second-order valence-electron chi connectivity index (χ2n) is 6.72. The molecule has 1 aliphatic rings. The lowest BCUT2D eigenvalue weighted by atomic mass is 10.00. The van der Waals surface area contributed by atoms with E-state index in [1.807, 2.05) is 28.8 Å². The fourth-order valence-corrected chi connectivity index (χ4v) is 3.63. The highest BCUT2D eigenvalue weighted by atomic mass is 16.7. The van der Waals surface area contributed by atoms with E-state index < -0.39 is 6.16 Å². The number of carbonyl (C=O) groups is 1. The van der Waals surface area contributed by atoms with E-state index in [1.165, 1.54) is 12.7 Å². The monoisotopic (exact) mass is 381 g/mol. The van der Waals surface area contributed by atoms with Crippen molar-refractivity contribution in [3.63, 3.8) is 0 Å². The van der Waals surface area contributed by atoms with E-state index in [1.54, 1.807) is 7.11 Å². The summed E-state index contributed by atoms with van der Waals surface area (Å²) in [5, 5.41) is 3.48. The molecule has 7 nitrogen and oxygen atoms in total. The molecule has 0 aliphatic carbocycles. The number of methoxy groups -OCH3 is 2. The maximum absolute atomic E-state index is 11.4. The van der Waals surface area contributed by atoms with Gasteiger partial charge in [0.05, 0.1) is 25.1 Å². The molecule has 1 N–H and O–H groups in total. The van der Waals surface area contributed by atoms with Gasteiger partial charge >= 0.3 is 6.16 Å². The molecular formula is C21H23N3O4. The van der Waals surface area contributed by atoms with Gasteiger partial charge in [0.25, 0.3) is 0 Å². The molecule has 0 unspecified atom stereocenters. The first-order chi connectivity index (χ1) is 13.7. The fraction of sp³-hybridized carbons (Fsp3) is 0.333. The summed E-state index contributed by atoms with van der Waals surface area (Å²) in [7, 11) is 2.94. The lowest BCUT2D eigenvalue weighted by Gasteiger charge is -2.18. The Bertz CT molecular complexity index is 1010. The first kappa shape index (κ1) is 18.3. The molecule has 3 aromatic rings. The largest absolute Gasteiger partial charge is 0.508 e. The molecule has 0 radical (unpaired) electrons. The van der Waals surface area contributed by atoms with Crippen molar-refractivity contribution in [3.8, 4) is 11.3 Å². The van der Waals surface area contributed by atoms with Crippen LogP contribution in [0.4, 0.5) is 10.5 Å². The molecule has 146 valence electrons. The van der Waals surface area contributed by atoms with Gasteiger partial charge in [0, 0.05) is 31.6 Å². The first-order valence-electron chi connectivity index (χ1n) is 9.26. The van der Waals surface area contributed by atoms with E-state index in [0.717, 1.165) is 53.1 Å². The van der Waals surface area contributed by atoms with E-state index in [9.17, 15) is 4.79 Å². The Morgan fingerprint density at radius 2 is 2.14 bits per heavy atom. The zero-order valence-corrected chi connectivity index (χ0v) is 16.0. The van der Waals surface area contributed by atoms with Crippen molar-refractivity contribution in [2.45, 2.75) is 26.1 Å². The third-order valence-electron chi connectivity index (χ3n) is 4.99. The summed E-state index contributed by atoms with van der Waals surface area (Å²) in [5.74, 6) is 0. The number of aromatic nitrogens is 2. The molecule has 1 aliphatic heterocycles. The van der Waals surface area contributed by atoms with E-state index in [-0.39, 0.29) is 6.61 Å². The maximum atomic E-state index is 11.4. The SMILES string of the molecule is COCc1c(COC(=O)OC)cccc1-c1cn2ccc3c(c2n1)NCCC3. The molecule has 0 atom stereocenters. The minimum absolute atomic E-state index is 0.115. The predicted molar refractivity (Wildman–Crippen MR) is 105 cm³/mol. The minimum Gasteiger partial charge on any atom is -0.438 e. The number of ether oxygens (including phenoxy) is 3. The number of carbonyl (C=O) groups excluding carboxylic acids is 1. The van der Waals surface area contributed by atoms with Gasteiger partial charge in [-0.05, 0) is 35.6 Å². The molecule has 0 saturated carbocycles. The van der Waals surface area contributed by atoms with Crippen molar-refractivity contribution in [1.29, 1.82) is 0 Å². The average molecular weight is 381 g/mol. The lowest BCUT2D eigenvalue weighted by Crippen LogP contribution is -2.12. The second kappa shape index (κ2) is 7.90. The number of hydrogen-bond acceptors (Lipinski definition) is 6.